The lowest BCUT2D eigenvalue weighted by molar-refractivity contribution is 0.0996. The molecule has 0 spiro atoms. The van der Waals surface area contributed by atoms with E-state index in [2.05, 4.69) is 10.0 Å². The molecule has 1 aromatic heterocycles. The molecular formula is C17H14N2O4S. The fourth-order valence-corrected chi connectivity index (χ4v) is 3.12. The first-order valence-electron chi connectivity index (χ1n) is 7.07. The third-order valence-corrected chi connectivity index (χ3v) is 4.59. The Balaban J connectivity index is 1.70. The molecule has 0 unspecified atom stereocenters. The van der Waals surface area contributed by atoms with Gasteiger partial charge in [0.25, 0.3) is 15.9 Å². The summed E-state index contributed by atoms with van der Waals surface area (Å²) in [5, 5.41) is 2.66. The molecule has 6 nitrogen and oxygen atoms in total. The molecule has 2 aromatic carbocycles. The Morgan fingerprint density at radius 1 is 0.833 bits per heavy atom. The normalized spacial score (nSPS) is 11.0. The summed E-state index contributed by atoms with van der Waals surface area (Å²) < 4.78 is 31.9. The number of nitrogens with one attached hydrogen (secondary N) is 2. The second-order valence-electron chi connectivity index (χ2n) is 4.93. The van der Waals surface area contributed by atoms with Crippen LogP contribution in [-0.4, -0.2) is 14.3 Å². The Bertz CT molecular complexity index is 918. The van der Waals surface area contributed by atoms with Crippen molar-refractivity contribution in [3.63, 3.8) is 0 Å². The van der Waals surface area contributed by atoms with Crippen LogP contribution in [0.15, 0.2) is 82.3 Å². The SMILES string of the molecule is O=C(Nc1ccc(NS(=O)(=O)c2ccccc2)cc1)c1ccco1. The summed E-state index contributed by atoms with van der Waals surface area (Å²) in [5.41, 5.74) is 0.925. The minimum atomic E-state index is -3.64. The van der Waals surface area contributed by atoms with Crippen molar-refractivity contribution in [1.29, 1.82) is 0 Å². The molecule has 3 rings (SSSR count). The molecule has 0 aliphatic carbocycles. The Labute approximate surface area is 139 Å². The first-order chi connectivity index (χ1) is 11.5. The first-order valence-corrected chi connectivity index (χ1v) is 8.56. The predicted octanol–water partition coefficient (Wildman–Crippen LogP) is 3.33. The van der Waals surface area contributed by atoms with E-state index in [4.69, 9.17) is 4.42 Å². The van der Waals surface area contributed by atoms with Crippen molar-refractivity contribution in [2.75, 3.05) is 10.0 Å². The molecule has 0 saturated carbocycles. The summed E-state index contributed by atoms with van der Waals surface area (Å²) in [5.74, 6) is -0.179. The lowest BCUT2D eigenvalue weighted by atomic mass is 10.3. The Morgan fingerprint density at radius 3 is 2.12 bits per heavy atom. The number of carbonyl (C=O) groups is 1. The van der Waals surface area contributed by atoms with Crippen LogP contribution in [0.3, 0.4) is 0 Å². The van der Waals surface area contributed by atoms with Crippen molar-refractivity contribution >= 4 is 27.3 Å². The van der Waals surface area contributed by atoms with Crippen LogP contribution in [-0.2, 0) is 10.0 Å². The van der Waals surface area contributed by atoms with Crippen molar-refractivity contribution in [3.8, 4) is 0 Å². The van der Waals surface area contributed by atoms with Gasteiger partial charge in [-0.25, -0.2) is 8.42 Å². The maximum atomic E-state index is 12.2. The molecule has 0 atom stereocenters. The fourth-order valence-electron chi connectivity index (χ4n) is 2.04. The number of rotatable bonds is 5. The van der Waals surface area contributed by atoms with Gasteiger partial charge in [0, 0.05) is 11.4 Å². The van der Waals surface area contributed by atoms with Gasteiger partial charge in [-0.3, -0.25) is 9.52 Å². The van der Waals surface area contributed by atoms with Crippen LogP contribution in [0.4, 0.5) is 11.4 Å². The third-order valence-electron chi connectivity index (χ3n) is 3.19. The monoisotopic (exact) mass is 342 g/mol. The lowest BCUT2D eigenvalue weighted by Crippen LogP contribution is -2.13. The van der Waals surface area contributed by atoms with E-state index in [0.717, 1.165) is 0 Å². The van der Waals surface area contributed by atoms with E-state index in [9.17, 15) is 13.2 Å². The summed E-state index contributed by atoms with van der Waals surface area (Å²) in [7, 11) is -3.64. The van der Waals surface area contributed by atoms with E-state index in [1.165, 1.54) is 18.4 Å². The summed E-state index contributed by atoms with van der Waals surface area (Å²) in [6.07, 6.45) is 1.41. The van der Waals surface area contributed by atoms with Gasteiger partial charge in [-0.15, -0.1) is 0 Å². The van der Waals surface area contributed by atoms with Gasteiger partial charge < -0.3 is 9.73 Å². The van der Waals surface area contributed by atoms with Crippen molar-refractivity contribution < 1.29 is 17.6 Å². The number of carbonyl (C=O) groups excluding carboxylic acids is 1. The number of amides is 1. The van der Waals surface area contributed by atoms with Gasteiger partial charge in [0.15, 0.2) is 5.76 Å². The molecule has 2 N–H and O–H groups in total. The highest BCUT2D eigenvalue weighted by molar-refractivity contribution is 7.92. The highest BCUT2D eigenvalue weighted by Crippen LogP contribution is 2.18. The van der Waals surface area contributed by atoms with Gasteiger partial charge >= 0.3 is 0 Å². The third kappa shape index (κ3) is 3.64. The number of hydrogen-bond acceptors (Lipinski definition) is 4. The number of furan rings is 1. The second kappa shape index (κ2) is 6.59. The topological polar surface area (TPSA) is 88.4 Å². The van der Waals surface area contributed by atoms with E-state index in [-0.39, 0.29) is 16.6 Å². The first kappa shape index (κ1) is 15.8. The average Bonchev–Trinajstić information content (AvgIpc) is 3.12. The number of anilines is 2. The standard InChI is InChI=1S/C17H14N2O4S/c20-17(16-7-4-12-23-16)18-13-8-10-14(11-9-13)19-24(21,22)15-5-2-1-3-6-15/h1-12,19H,(H,18,20). The van der Waals surface area contributed by atoms with Crippen LogP contribution in [0, 0.1) is 0 Å². The summed E-state index contributed by atoms with van der Waals surface area (Å²) in [6.45, 7) is 0. The minimum absolute atomic E-state index is 0.181. The van der Waals surface area contributed by atoms with Crippen LogP contribution in [0.2, 0.25) is 0 Å². The van der Waals surface area contributed by atoms with Crippen molar-refractivity contribution in [3.05, 3.63) is 78.8 Å². The number of sulfonamides is 1. The molecule has 0 radical (unpaired) electrons. The van der Waals surface area contributed by atoms with Crippen LogP contribution < -0.4 is 10.0 Å². The van der Waals surface area contributed by atoms with Crippen molar-refractivity contribution in [2.45, 2.75) is 4.90 Å². The molecular weight excluding hydrogens is 328 g/mol. The van der Waals surface area contributed by atoms with Gasteiger partial charge in [-0.1, -0.05) is 18.2 Å². The molecule has 0 saturated heterocycles. The highest BCUT2D eigenvalue weighted by atomic mass is 32.2. The average molecular weight is 342 g/mol. The highest BCUT2D eigenvalue weighted by Gasteiger charge is 2.13. The predicted molar refractivity (Wildman–Crippen MR) is 90.4 cm³/mol. The fraction of sp³-hybridized carbons (Fsp3) is 0. The van der Waals surface area contributed by atoms with Gasteiger partial charge in [0.05, 0.1) is 11.2 Å². The van der Waals surface area contributed by atoms with E-state index in [1.807, 2.05) is 0 Å². The Hall–Kier alpha value is -3.06. The summed E-state index contributed by atoms with van der Waals surface area (Å²) in [4.78, 5) is 12.0. The zero-order valence-corrected chi connectivity index (χ0v) is 13.3. The van der Waals surface area contributed by atoms with Crippen LogP contribution in [0.25, 0.3) is 0 Å². The molecule has 7 heteroatoms. The molecule has 3 aromatic rings. The van der Waals surface area contributed by atoms with Crippen molar-refractivity contribution in [1.82, 2.24) is 0 Å². The van der Waals surface area contributed by atoms with Gasteiger partial charge in [0.2, 0.25) is 0 Å². The zero-order chi connectivity index (χ0) is 17.0. The van der Waals surface area contributed by atoms with Gasteiger partial charge in [-0.2, -0.15) is 0 Å². The largest absolute Gasteiger partial charge is 0.459 e. The van der Waals surface area contributed by atoms with E-state index in [1.54, 1.807) is 54.6 Å². The summed E-state index contributed by atoms with van der Waals surface area (Å²) in [6, 6.07) is 17.6. The second-order valence-corrected chi connectivity index (χ2v) is 6.61. The van der Waals surface area contributed by atoms with Crippen molar-refractivity contribution in [2.24, 2.45) is 0 Å². The van der Waals surface area contributed by atoms with E-state index in [0.29, 0.717) is 11.4 Å². The van der Waals surface area contributed by atoms with Crippen LogP contribution in [0.1, 0.15) is 10.6 Å². The molecule has 24 heavy (non-hydrogen) atoms. The van der Waals surface area contributed by atoms with E-state index < -0.39 is 10.0 Å². The molecule has 122 valence electrons. The zero-order valence-electron chi connectivity index (χ0n) is 12.5. The molecule has 0 aliphatic rings. The lowest BCUT2D eigenvalue weighted by Gasteiger charge is -2.09. The maximum absolute atomic E-state index is 12.2. The molecule has 0 bridgehead atoms. The van der Waals surface area contributed by atoms with Crippen LogP contribution in [0.5, 0.6) is 0 Å². The molecule has 0 fully saturated rings. The maximum Gasteiger partial charge on any atom is 0.291 e. The Morgan fingerprint density at radius 2 is 1.50 bits per heavy atom. The van der Waals surface area contributed by atoms with Crippen LogP contribution >= 0.6 is 0 Å². The molecule has 1 heterocycles. The summed E-state index contributed by atoms with van der Waals surface area (Å²) >= 11 is 0. The van der Waals surface area contributed by atoms with E-state index >= 15 is 0 Å². The van der Waals surface area contributed by atoms with Gasteiger partial charge in [0.1, 0.15) is 0 Å². The quantitative estimate of drug-likeness (QED) is 0.744. The number of hydrogen-bond donors (Lipinski definition) is 2. The minimum Gasteiger partial charge on any atom is -0.459 e. The molecule has 1 amide bonds. The smallest absolute Gasteiger partial charge is 0.291 e. The number of benzene rings is 2. The van der Waals surface area contributed by atoms with Gasteiger partial charge in [-0.05, 0) is 48.5 Å². The molecule has 0 aliphatic heterocycles. The Kier molecular flexibility index (Phi) is 4.35.